The second-order valence-corrected chi connectivity index (χ2v) is 5.98. The molecule has 0 spiro atoms. The van der Waals surface area contributed by atoms with Gasteiger partial charge in [-0.15, -0.1) is 0 Å². The molecule has 1 aliphatic rings. The lowest BCUT2D eigenvalue weighted by atomic mass is 9.97. The molecule has 2 rings (SSSR count). The Bertz CT molecular complexity index is 703. The minimum Gasteiger partial charge on any atom is -0.331 e. The molecule has 6 nitrogen and oxygen atoms in total. The number of halogens is 1. The predicted octanol–water partition coefficient (Wildman–Crippen LogP) is 2.11. The van der Waals surface area contributed by atoms with E-state index in [1.54, 1.807) is 31.2 Å². The third kappa shape index (κ3) is 4.57. The molecular weight excluding hydrogens is 328 g/mol. The summed E-state index contributed by atoms with van der Waals surface area (Å²) in [5.74, 6) is -0.856. The first-order valence-corrected chi connectivity index (χ1v) is 8.08. The van der Waals surface area contributed by atoms with E-state index in [0.717, 1.165) is 25.9 Å². The molecule has 0 aliphatic carbocycles. The van der Waals surface area contributed by atoms with E-state index in [0.29, 0.717) is 16.3 Å². The van der Waals surface area contributed by atoms with Crippen molar-refractivity contribution in [2.75, 3.05) is 18.4 Å². The molecule has 0 atom stereocenters. The van der Waals surface area contributed by atoms with Crippen molar-refractivity contribution < 1.29 is 9.59 Å². The molecule has 0 saturated carbocycles. The number of carbonyl (C=O) groups is 2. The summed E-state index contributed by atoms with van der Waals surface area (Å²) in [7, 11) is 0. The fourth-order valence-corrected chi connectivity index (χ4v) is 2.60. The van der Waals surface area contributed by atoms with Crippen LogP contribution >= 0.6 is 11.6 Å². The van der Waals surface area contributed by atoms with Crippen LogP contribution in [0.5, 0.6) is 0 Å². The Labute approximate surface area is 145 Å². The molecule has 24 heavy (non-hydrogen) atoms. The molecule has 1 aliphatic heterocycles. The second-order valence-electron chi connectivity index (χ2n) is 5.57. The summed E-state index contributed by atoms with van der Waals surface area (Å²) >= 11 is 6.01. The third-order valence-corrected chi connectivity index (χ3v) is 4.36. The molecule has 1 heterocycles. The third-order valence-electron chi connectivity index (χ3n) is 3.95. The van der Waals surface area contributed by atoms with Gasteiger partial charge in [-0.25, -0.2) is 0 Å². The molecule has 3 N–H and O–H groups in total. The largest absolute Gasteiger partial charge is 0.331 e. The maximum Gasteiger partial charge on any atom is 0.267 e. The van der Waals surface area contributed by atoms with Gasteiger partial charge < -0.3 is 16.0 Å². The average molecular weight is 347 g/mol. The highest BCUT2D eigenvalue weighted by atomic mass is 35.5. The molecule has 0 aromatic heterocycles. The molecule has 0 radical (unpaired) electrons. The monoisotopic (exact) mass is 346 g/mol. The predicted molar refractivity (Wildman–Crippen MR) is 92.3 cm³/mol. The Morgan fingerprint density at radius 1 is 1.38 bits per heavy atom. The first kappa shape index (κ1) is 18.0. The van der Waals surface area contributed by atoms with E-state index < -0.39 is 5.91 Å². The summed E-state index contributed by atoms with van der Waals surface area (Å²) in [4.78, 5) is 24.2. The Morgan fingerprint density at radius 2 is 2.08 bits per heavy atom. The van der Waals surface area contributed by atoms with Crippen LogP contribution in [-0.4, -0.2) is 24.9 Å². The van der Waals surface area contributed by atoms with Gasteiger partial charge in [0.1, 0.15) is 11.6 Å². The van der Waals surface area contributed by atoms with Gasteiger partial charge in [-0.05, 0) is 50.6 Å². The maximum atomic E-state index is 12.2. The number of carbonyl (C=O) groups excluding carboxylic acids is 2. The number of amides is 2. The van der Waals surface area contributed by atoms with Gasteiger partial charge in [-0.3, -0.25) is 9.59 Å². The summed E-state index contributed by atoms with van der Waals surface area (Å²) in [5.41, 5.74) is 1.07. The van der Waals surface area contributed by atoms with Gasteiger partial charge in [0.2, 0.25) is 5.91 Å². The summed E-state index contributed by atoms with van der Waals surface area (Å²) in [6, 6.07) is 6.92. The Kier molecular flexibility index (Phi) is 6.36. The molecule has 0 unspecified atom stereocenters. The van der Waals surface area contributed by atoms with Gasteiger partial charge in [0, 0.05) is 22.8 Å². The van der Waals surface area contributed by atoms with E-state index >= 15 is 0 Å². The standard InChI is InChI=1S/C17H19ClN4O2/c1-11-14(18)3-2-4-15(11)22-17(24)13(9-19)10-21-16(23)12-5-7-20-8-6-12/h2-4,10,12,20H,5-8H2,1H3,(H,21,23)(H,22,24)/b13-10-. The zero-order valence-corrected chi connectivity index (χ0v) is 14.1. The normalized spacial score (nSPS) is 15.5. The SMILES string of the molecule is Cc1c(Cl)cccc1NC(=O)/C(C#N)=C\NC(=O)C1CCNCC1. The molecule has 2 amide bonds. The lowest BCUT2D eigenvalue weighted by Gasteiger charge is -2.20. The van der Waals surface area contributed by atoms with E-state index in [2.05, 4.69) is 16.0 Å². The maximum absolute atomic E-state index is 12.2. The highest BCUT2D eigenvalue weighted by molar-refractivity contribution is 6.31. The minimum absolute atomic E-state index is 0.0966. The molecule has 1 saturated heterocycles. The van der Waals surface area contributed by atoms with E-state index in [1.807, 2.05) is 0 Å². The number of rotatable bonds is 4. The van der Waals surface area contributed by atoms with Crippen molar-refractivity contribution in [3.8, 4) is 6.07 Å². The van der Waals surface area contributed by atoms with Gasteiger partial charge >= 0.3 is 0 Å². The van der Waals surface area contributed by atoms with Crippen LogP contribution in [-0.2, 0) is 9.59 Å². The van der Waals surface area contributed by atoms with Gasteiger partial charge in [-0.1, -0.05) is 17.7 Å². The Balaban J connectivity index is 2.01. The van der Waals surface area contributed by atoms with E-state index in [9.17, 15) is 9.59 Å². The number of nitrogens with one attached hydrogen (secondary N) is 3. The first-order valence-electron chi connectivity index (χ1n) is 7.70. The lowest BCUT2D eigenvalue weighted by Crippen LogP contribution is -2.36. The van der Waals surface area contributed by atoms with E-state index in [4.69, 9.17) is 16.9 Å². The second kappa shape index (κ2) is 8.48. The Hall–Kier alpha value is -2.36. The summed E-state index contributed by atoms with van der Waals surface area (Å²) < 4.78 is 0. The average Bonchev–Trinajstić information content (AvgIpc) is 2.60. The van der Waals surface area contributed by atoms with Crippen LogP contribution < -0.4 is 16.0 Å². The van der Waals surface area contributed by atoms with Gasteiger partial charge in [-0.2, -0.15) is 5.26 Å². The van der Waals surface area contributed by atoms with Crippen LogP contribution in [0.1, 0.15) is 18.4 Å². The molecule has 1 aromatic rings. The Morgan fingerprint density at radius 3 is 2.75 bits per heavy atom. The number of hydrogen-bond donors (Lipinski definition) is 3. The van der Waals surface area contributed by atoms with Crippen molar-refractivity contribution in [2.45, 2.75) is 19.8 Å². The van der Waals surface area contributed by atoms with Crippen LogP contribution in [0.3, 0.4) is 0 Å². The number of nitriles is 1. The van der Waals surface area contributed by atoms with Gasteiger partial charge in [0.05, 0.1) is 0 Å². The van der Waals surface area contributed by atoms with Crippen LogP contribution in [0.15, 0.2) is 30.0 Å². The van der Waals surface area contributed by atoms with Crippen LogP contribution in [0, 0.1) is 24.2 Å². The molecule has 7 heteroatoms. The molecule has 1 fully saturated rings. The number of anilines is 1. The lowest BCUT2D eigenvalue weighted by molar-refractivity contribution is -0.124. The van der Waals surface area contributed by atoms with Crippen molar-refractivity contribution in [2.24, 2.45) is 5.92 Å². The molecule has 126 valence electrons. The number of piperidine rings is 1. The fourth-order valence-electron chi connectivity index (χ4n) is 2.43. The summed E-state index contributed by atoms with van der Waals surface area (Å²) in [6.45, 7) is 3.36. The number of nitrogens with zero attached hydrogens (tertiary/aromatic N) is 1. The topological polar surface area (TPSA) is 94.0 Å². The highest BCUT2D eigenvalue weighted by Crippen LogP contribution is 2.23. The van der Waals surface area contributed by atoms with E-state index in [1.165, 1.54) is 6.20 Å². The van der Waals surface area contributed by atoms with Crippen molar-refractivity contribution in [3.05, 3.63) is 40.6 Å². The van der Waals surface area contributed by atoms with Crippen LogP contribution in [0.25, 0.3) is 0 Å². The van der Waals surface area contributed by atoms with Crippen molar-refractivity contribution >= 4 is 29.1 Å². The summed E-state index contributed by atoms with van der Waals surface area (Å²) in [5, 5.41) is 18.0. The molecular formula is C17H19ClN4O2. The van der Waals surface area contributed by atoms with Crippen molar-refractivity contribution in [1.82, 2.24) is 10.6 Å². The van der Waals surface area contributed by atoms with E-state index in [-0.39, 0.29) is 17.4 Å². The number of benzene rings is 1. The molecule has 1 aromatic carbocycles. The summed E-state index contributed by atoms with van der Waals surface area (Å²) in [6.07, 6.45) is 2.66. The molecule has 0 bridgehead atoms. The van der Waals surface area contributed by atoms with Crippen molar-refractivity contribution in [3.63, 3.8) is 0 Å². The minimum atomic E-state index is -0.589. The quantitative estimate of drug-likeness (QED) is 0.575. The zero-order chi connectivity index (χ0) is 17.5. The van der Waals surface area contributed by atoms with Gasteiger partial charge in [0.25, 0.3) is 5.91 Å². The first-order chi connectivity index (χ1) is 11.5. The van der Waals surface area contributed by atoms with Crippen LogP contribution in [0.4, 0.5) is 5.69 Å². The smallest absolute Gasteiger partial charge is 0.267 e. The fraction of sp³-hybridized carbons (Fsp3) is 0.353. The highest BCUT2D eigenvalue weighted by Gasteiger charge is 2.20. The van der Waals surface area contributed by atoms with Crippen LogP contribution in [0.2, 0.25) is 5.02 Å². The van der Waals surface area contributed by atoms with Gasteiger partial charge in [0.15, 0.2) is 0 Å². The number of hydrogen-bond acceptors (Lipinski definition) is 4. The zero-order valence-electron chi connectivity index (χ0n) is 13.4. The van der Waals surface area contributed by atoms with Crippen molar-refractivity contribution in [1.29, 1.82) is 5.26 Å².